The van der Waals surface area contributed by atoms with Gasteiger partial charge in [0.15, 0.2) is 0 Å². The summed E-state index contributed by atoms with van der Waals surface area (Å²) in [5.41, 5.74) is 6.88. The summed E-state index contributed by atoms with van der Waals surface area (Å²) in [6.07, 6.45) is 3.23. The van der Waals surface area contributed by atoms with Gasteiger partial charge in [0, 0.05) is 13.1 Å². The summed E-state index contributed by atoms with van der Waals surface area (Å²) < 4.78 is 4.97. The van der Waals surface area contributed by atoms with Crippen molar-refractivity contribution in [3.05, 3.63) is 47.4 Å². The number of aromatic nitrogens is 2. The van der Waals surface area contributed by atoms with Crippen LogP contribution in [0.4, 0.5) is 11.5 Å². The number of piperidine rings is 1. The fourth-order valence-corrected chi connectivity index (χ4v) is 3.37. The van der Waals surface area contributed by atoms with Gasteiger partial charge >= 0.3 is 5.97 Å². The molecule has 1 aliphatic heterocycles. The zero-order valence-corrected chi connectivity index (χ0v) is 17.1. The Balaban J connectivity index is 1.65. The fourth-order valence-electron chi connectivity index (χ4n) is 3.37. The van der Waals surface area contributed by atoms with Crippen LogP contribution in [0.1, 0.15) is 46.3 Å². The molecule has 2 aromatic heterocycles. The molecule has 0 radical (unpaired) electrons. The van der Waals surface area contributed by atoms with Crippen LogP contribution >= 0.6 is 0 Å². The van der Waals surface area contributed by atoms with E-state index < -0.39 is 11.9 Å². The minimum absolute atomic E-state index is 0.174. The van der Waals surface area contributed by atoms with Crippen LogP contribution in [-0.4, -0.2) is 47.4 Å². The molecule has 1 aliphatic rings. The molecule has 1 saturated heterocycles. The Bertz CT molecular complexity index is 945. The number of ether oxygens (including phenoxy) is 1. The van der Waals surface area contributed by atoms with E-state index in [9.17, 15) is 14.4 Å². The van der Waals surface area contributed by atoms with Crippen molar-refractivity contribution < 1.29 is 19.1 Å². The fraction of sp³-hybridized carbons (Fsp3) is 0.381. The molecule has 9 heteroatoms. The summed E-state index contributed by atoms with van der Waals surface area (Å²) in [6, 6.07) is 6.55. The monoisotopic (exact) mass is 411 g/mol. The number of aryl methyl sites for hydroxylation is 1. The molecule has 30 heavy (non-hydrogen) atoms. The van der Waals surface area contributed by atoms with Crippen LogP contribution in [0.2, 0.25) is 0 Å². The third-order valence-corrected chi connectivity index (χ3v) is 4.97. The van der Waals surface area contributed by atoms with Crippen LogP contribution in [0.15, 0.2) is 30.5 Å². The normalized spacial score (nSPS) is 16.1. The average Bonchev–Trinajstić information content (AvgIpc) is 2.74. The van der Waals surface area contributed by atoms with Gasteiger partial charge in [-0.05, 0) is 51.0 Å². The summed E-state index contributed by atoms with van der Waals surface area (Å²) >= 11 is 0. The Morgan fingerprint density at radius 2 is 2.07 bits per heavy atom. The van der Waals surface area contributed by atoms with E-state index in [2.05, 4.69) is 15.3 Å². The topological polar surface area (TPSA) is 128 Å². The van der Waals surface area contributed by atoms with Crippen molar-refractivity contribution in [2.24, 2.45) is 11.7 Å². The lowest BCUT2D eigenvalue weighted by atomic mass is 9.97. The van der Waals surface area contributed by atoms with Crippen molar-refractivity contribution in [3.63, 3.8) is 0 Å². The van der Waals surface area contributed by atoms with Crippen LogP contribution in [0.3, 0.4) is 0 Å². The second-order valence-corrected chi connectivity index (χ2v) is 7.10. The van der Waals surface area contributed by atoms with Crippen molar-refractivity contribution in [2.45, 2.75) is 26.7 Å². The molecule has 0 aliphatic carbocycles. The highest BCUT2D eigenvalue weighted by Crippen LogP contribution is 2.22. The smallest absolute Gasteiger partial charge is 0.339 e. The Labute approximate surface area is 174 Å². The Morgan fingerprint density at radius 3 is 2.70 bits per heavy atom. The van der Waals surface area contributed by atoms with Crippen LogP contribution in [0.25, 0.3) is 0 Å². The number of nitrogens with one attached hydrogen (secondary N) is 1. The van der Waals surface area contributed by atoms with Crippen LogP contribution < -0.4 is 16.0 Å². The molecular weight excluding hydrogens is 386 g/mol. The first-order valence-electron chi connectivity index (χ1n) is 9.85. The molecule has 2 amide bonds. The van der Waals surface area contributed by atoms with Gasteiger partial charge in [-0.15, -0.1) is 0 Å². The standard InChI is InChI=1S/C21H25N5O4/c1-3-30-21(29)16-7-8-17(24-13(16)2)20(28)25-15-6-9-18(23-11-15)26-10-4-5-14(12-26)19(22)27/h6-9,11,14H,3-5,10,12H2,1-2H3,(H2,22,27)(H,25,28). The maximum absolute atomic E-state index is 12.5. The number of esters is 1. The number of amides is 2. The molecule has 0 bridgehead atoms. The van der Waals surface area contributed by atoms with E-state index in [1.54, 1.807) is 32.2 Å². The quantitative estimate of drug-likeness (QED) is 0.695. The molecule has 3 heterocycles. The second kappa shape index (κ2) is 9.34. The van der Waals surface area contributed by atoms with Gasteiger partial charge in [-0.3, -0.25) is 9.59 Å². The van der Waals surface area contributed by atoms with Gasteiger partial charge in [-0.2, -0.15) is 0 Å². The van der Waals surface area contributed by atoms with Gasteiger partial charge in [0.05, 0.1) is 35.7 Å². The minimum Gasteiger partial charge on any atom is -0.462 e. The number of anilines is 2. The molecule has 0 aromatic carbocycles. The molecule has 3 rings (SSSR count). The van der Waals surface area contributed by atoms with E-state index in [0.29, 0.717) is 23.5 Å². The van der Waals surface area contributed by atoms with Crippen LogP contribution in [0.5, 0.6) is 0 Å². The number of nitrogens with zero attached hydrogens (tertiary/aromatic N) is 3. The van der Waals surface area contributed by atoms with Crippen molar-refractivity contribution in [1.82, 2.24) is 9.97 Å². The first-order valence-corrected chi connectivity index (χ1v) is 9.85. The molecule has 1 atom stereocenters. The number of rotatable bonds is 6. The largest absolute Gasteiger partial charge is 0.462 e. The number of pyridine rings is 2. The van der Waals surface area contributed by atoms with Gasteiger partial charge < -0.3 is 20.7 Å². The van der Waals surface area contributed by atoms with Gasteiger partial charge in [0.2, 0.25) is 5.91 Å². The predicted octanol–water partition coefficient (Wildman–Crippen LogP) is 1.92. The first kappa shape index (κ1) is 21.2. The lowest BCUT2D eigenvalue weighted by molar-refractivity contribution is -0.122. The highest BCUT2D eigenvalue weighted by Gasteiger charge is 2.24. The van der Waals surface area contributed by atoms with Crippen molar-refractivity contribution in [3.8, 4) is 0 Å². The Kier molecular flexibility index (Phi) is 6.61. The van der Waals surface area contributed by atoms with E-state index >= 15 is 0 Å². The molecule has 1 unspecified atom stereocenters. The van der Waals surface area contributed by atoms with E-state index in [0.717, 1.165) is 25.2 Å². The summed E-state index contributed by atoms with van der Waals surface area (Å²) in [6.45, 7) is 4.99. The summed E-state index contributed by atoms with van der Waals surface area (Å²) in [5.74, 6) is -0.612. The summed E-state index contributed by atoms with van der Waals surface area (Å²) in [4.78, 5) is 46.4. The van der Waals surface area contributed by atoms with Gasteiger partial charge in [-0.1, -0.05) is 0 Å². The molecular formula is C21H25N5O4. The average molecular weight is 411 g/mol. The molecule has 2 aromatic rings. The molecule has 3 N–H and O–H groups in total. The van der Waals surface area contributed by atoms with E-state index in [-0.39, 0.29) is 24.1 Å². The number of primary amides is 1. The maximum atomic E-state index is 12.5. The highest BCUT2D eigenvalue weighted by atomic mass is 16.5. The zero-order valence-electron chi connectivity index (χ0n) is 17.1. The number of hydrogen-bond donors (Lipinski definition) is 2. The van der Waals surface area contributed by atoms with Crippen LogP contribution in [-0.2, 0) is 9.53 Å². The van der Waals surface area contributed by atoms with Gasteiger partial charge in [0.1, 0.15) is 11.5 Å². The maximum Gasteiger partial charge on any atom is 0.339 e. The van der Waals surface area contributed by atoms with Crippen LogP contribution in [0, 0.1) is 12.8 Å². The number of carbonyl (C=O) groups is 3. The lowest BCUT2D eigenvalue weighted by Gasteiger charge is -2.32. The van der Waals surface area contributed by atoms with Crippen molar-refractivity contribution in [2.75, 3.05) is 29.9 Å². The first-order chi connectivity index (χ1) is 14.4. The number of hydrogen-bond acceptors (Lipinski definition) is 7. The minimum atomic E-state index is -0.467. The lowest BCUT2D eigenvalue weighted by Crippen LogP contribution is -2.41. The van der Waals surface area contributed by atoms with Gasteiger partial charge in [0.25, 0.3) is 5.91 Å². The molecule has 9 nitrogen and oxygen atoms in total. The van der Waals surface area contributed by atoms with Crippen molar-refractivity contribution in [1.29, 1.82) is 0 Å². The van der Waals surface area contributed by atoms with E-state index in [1.807, 2.05) is 4.90 Å². The number of nitrogens with two attached hydrogens (primary N) is 1. The molecule has 0 spiro atoms. The SMILES string of the molecule is CCOC(=O)c1ccc(C(=O)Nc2ccc(N3CCCC(C(N)=O)C3)nc2)nc1C. The van der Waals surface area contributed by atoms with E-state index in [4.69, 9.17) is 10.5 Å². The third kappa shape index (κ3) is 4.91. The Morgan fingerprint density at radius 1 is 1.27 bits per heavy atom. The predicted molar refractivity (Wildman–Crippen MR) is 111 cm³/mol. The molecule has 0 saturated carbocycles. The van der Waals surface area contributed by atoms with Gasteiger partial charge in [-0.25, -0.2) is 14.8 Å². The highest BCUT2D eigenvalue weighted by molar-refractivity contribution is 6.03. The zero-order chi connectivity index (χ0) is 21.7. The second-order valence-electron chi connectivity index (χ2n) is 7.10. The summed E-state index contributed by atoms with van der Waals surface area (Å²) in [5, 5.41) is 2.74. The Hall–Kier alpha value is -3.49. The summed E-state index contributed by atoms with van der Waals surface area (Å²) in [7, 11) is 0. The molecule has 1 fully saturated rings. The third-order valence-electron chi connectivity index (χ3n) is 4.97. The number of carbonyl (C=O) groups excluding carboxylic acids is 3. The van der Waals surface area contributed by atoms with E-state index in [1.165, 1.54) is 12.1 Å². The molecule has 158 valence electrons. The van der Waals surface area contributed by atoms with Crippen molar-refractivity contribution >= 4 is 29.3 Å².